The van der Waals surface area contributed by atoms with Crippen LogP contribution in [0, 0.1) is 5.41 Å². The number of hydrogen-bond donors (Lipinski definition) is 2. The predicted octanol–water partition coefficient (Wildman–Crippen LogP) is 1.34. The molecule has 100 valence electrons. The van der Waals surface area contributed by atoms with Crippen molar-refractivity contribution in [3.63, 3.8) is 0 Å². The first-order valence-electron chi connectivity index (χ1n) is 6.11. The van der Waals surface area contributed by atoms with Gasteiger partial charge < -0.3 is 15.8 Å². The van der Waals surface area contributed by atoms with Gasteiger partial charge in [-0.25, -0.2) is 0 Å². The maximum absolute atomic E-state index is 11.8. The van der Waals surface area contributed by atoms with Gasteiger partial charge >= 0.3 is 0 Å². The molecule has 1 aromatic carbocycles. The fourth-order valence-electron chi connectivity index (χ4n) is 1.55. The van der Waals surface area contributed by atoms with Gasteiger partial charge in [-0.2, -0.15) is 0 Å². The quantitative estimate of drug-likeness (QED) is 0.800. The third-order valence-electron chi connectivity index (χ3n) is 3.00. The maximum atomic E-state index is 11.8. The van der Waals surface area contributed by atoms with E-state index >= 15 is 0 Å². The fourth-order valence-corrected chi connectivity index (χ4v) is 1.55. The van der Waals surface area contributed by atoms with Crippen LogP contribution in [0.3, 0.4) is 0 Å². The summed E-state index contributed by atoms with van der Waals surface area (Å²) < 4.78 is 5.26. The number of amides is 1. The molecule has 0 aliphatic heterocycles. The van der Waals surface area contributed by atoms with Gasteiger partial charge in [-0.05, 0) is 31.9 Å². The molecule has 0 fully saturated rings. The Morgan fingerprint density at radius 3 is 2.67 bits per heavy atom. The number of hydrogen-bond acceptors (Lipinski definition) is 3. The van der Waals surface area contributed by atoms with Crippen LogP contribution in [-0.4, -0.2) is 26.1 Å². The molecule has 0 saturated heterocycles. The summed E-state index contributed by atoms with van der Waals surface area (Å²) in [6.07, 6.45) is 0.746. The van der Waals surface area contributed by atoms with Crippen LogP contribution in [-0.2, 0) is 11.2 Å². The summed E-state index contributed by atoms with van der Waals surface area (Å²) in [6, 6.07) is 7.81. The molecule has 0 atom stereocenters. The van der Waals surface area contributed by atoms with E-state index in [9.17, 15) is 4.79 Å². The van der Waals surface area contributed by atoms with E-state index < -0.39 is 5.41 Å². The highest BCUT2D eigenvalue weighted by molar-refractivity contribution is 5.82. The molecular formula is C14H22N2O2. The van der Waals surface area contributed by atoms with Gasteiger partial charge in [-0.15, -0.1) is 0 Å². The highest BCUT2D eigenvalue weighted by Gasteiger charge is 2.25. The van der Waals surface area contributed by atoms with Gasteiger partial charge in [0, 0.05) is 13.1 Å². The van der Waals surface area contributed by atoms with Crippen molar-refractivity contribution in [2.75, 3.05) is 20.2 Å². The van der Waals surface area contributed by atoms with E-state index in [1.54, 1.807) is 7.11 Å². The van der Waals surface area contributed by atoms with Crippen molar-refractivity contribution >= 4 is 5.91 Å². The van der Waals surface area contributed by atoms with Crippen LogP contribution < -0.4 is 15.8 Å². The molecular weight excluding hydrogens is 228 g/mol. The molecule has 0 saturated carbocycles. The molecule has 0 unspecified atom stereocenters. The fraction of sp³-hybridized carbons (Fsp3) is 0.500. The van der Waals surface area contributed by atoms with Gasteiger partial charge in [0.25, 0.3) is 0 Å². The lowest BCUT2D eigenvalue weighted by molar-refractivity contribution is -0.128. The Bertz CT molecular complexity index is 403. The average Bonchev–Trinajstić information content (AvgIpc) is 2.39. The first-order chi connectivity index (χ1) is 8.51. The number of rotatable bonds is 6. The van der Waals surface area contributed by atoms with Crippen LogP contribution in [0.1, 0.15) is 19.4 Å². The lowest BCUT2D eigenvalue weighted by Gasteiger charge is -2.21. The van der Waals surface area contributed by atoms with Crippen LogP contribution in [0.25, 0.3) is 0 Å². The largest absolute Gasteiger partial charge is 0.496 e. The van der Waals surface area contributed by atoms with E-state index in [4.69, 9.17) is 10.5 Å². The molecule has 4 nitrogen and oxygen atoms in total. The first-order valence-corrected chi connectivity index (χ1v) is 6.11. The molecule has 18 heavy (non-hydrogen) atoms. The lowest BCUT2D eigenvalue weighted by atomic mass is 9.92. The normalized spacial score (nSPS) is 11.1. The molecule has 4 heteroatoms. The number of methoxy groups -OCH3 is 1. The van der Waals surface area contributed by atoms with E-state index in [2.05, 4.69) is 5.32 Å². The van der Waals surface area contributed by atoms with Crippen LogP contribution in [0.4, 0.5) is 0 Å². The van der Waals surface area contributed by atoms with E-state index in [-0.39, 0.29) is 5.91 Å². The van der Waals surface area contributed by atoms with E-state index in [1.807, 2.05) is 38.1 Å². The monoisotopic (exact) mass is 250 g/mol. The van der Waals surface area contributed by atoms with Crippen molar-refractivity contribution in [2.45, 2.75) is 20.3 Å². The highest BCUT2D eigenvalue weighted by atomic mass is 16.5. The standard InChI is InChI=1S/C14H22N2O2/c1-14(2,10-15)13(17)16-9-8-11-6-4-5-7-12(11)18-3/h4-7H,8-10,15H2,1-3H3,(H,16,17). The summed E-state index contributed by atoms with van der Waals surface area (Å²) >= 11 is 0. The summed E-state index contributed by atoms with van der Waals surface area (Å²) in [5.74, 6) is 0.838. The molecule has 1 rings (SSSR count). The number of benzene rings is 1. The zero-order chi connectivity index (χ0) is 13.6. The molecule has 0 aromatic heterocycles. The molecule has 3 N–H and O–H groups in total. The summed E-state index contributed by atoms with van der Waals surface area (Å²) in [5.41, 5.74) is 6.13. The molecule has 0 heterocycles. The van der Waals surface area contributed by atoms with E-state index in [0.29, 0.717) is 13.1 Å². The van der Waals surface area contributed by atoms with Crippen molar-refractivity contribution in [2.24, 2.45) is 11.1 Å². The van der Waals surface area contributed by atoms with Crippen LogP contribution >= 0.6 is 0 Å². The zero-order valence-electron chi connectivity index (χ0n) is 11.3. The van der Waals surface area contributed by atoms with Crippen molar-refractivity contribution in [1.29, 1.82) is 0 Å². The summed E-state index contributed by atoms with van der Waals surface area (Å²) in [5, 5.41) is 2.90. The topological polar surface area (TPSA) is 64.3 Å². The van der Waals surface area contributed by atoms with Gasteiger partial charge in [0.2, 0.25) is 5.91 Å². The first kappa shape index (κ1) is 14.5. The van der Waals surface area contributed by atoms with Gasteiger partial charge in [0.05, 0.1) is 12.5 Å². The summed E-state index contributed by atoms with van der Waals surface area (Å²) in [6.45, 7) is 4.60. The number of carbonyl (C=O) groups excluding carboxylic acids is 1. The van der Waals surface area contributed by atoms with Crippen LogP contribution in [0.2, 0.25) is 0 Å². The van der Waals surface area contributed by atoms with Gasteiger partial charge in [-0.3, -0.25) is 4.79 Å². The van der Waals surface area contributed by atoms with Crippen molar-refractivity contribution in [3.8, 4) is 5.75 Å². The minimum Gasteiger partial charge on any atom is -0.496 e. The van der Waals surface area contributed by atoms with Crippen molar-refractivity contribution < 1.29 is 9.53 Å². The Kier molecular flexibility index (Phi) is 5.16. The lowest BCUT2D eigenvalue weighted by Crippen LogP contribution is -2.42. The second kappa shape index (κ2) is 6.40. The second-order valence-corrected chi connectivity index (χ2v) is 4.91. The van der Waals surface area contributed by atoms with Gasteiger partial charge in [0.15, 0.2) is 0 Å². The molecule has 0 bridgehead atoms. The molecule has 0 radical (unpaired) electrons. The minimum absolute atomic E-state index is 0.0140. The predicted molar refractivity (Wildman–Crippen MR) is 72.5 cm³/mol. The maximum Gasteiger partial charge on any atom is 0.226 e. The number of nitrogens with two attached hydrogens (primary N) is 1. The second-order valence-electron chi connectivity index (χ2n) is 4.91. The highest BCUT2D eigenvalue weighted by Crippen LogP contribution is 2.17. The summed E-state index contributed by atoms with van der Waals surface area (Å²) in [7, 11) is 1.65. The Morgan fingerprint density at radius 2 is 2.06 bits per heavy atom. The van der Waals surface area contributed by atoms with Crippen molar-refractivity contribution in [1.82, 2.24) is 5.32 Å². The van der Waals surface area contributed by atoms with Gasteiger partial charge in [0.1, 0.15) is 5.75 Å². The molecule has 1 amide bonds. The number of nitrogens with one attached hydrogen (secondary N) is 1. The number of para-hydroxylation sites is 1. The Hall–Kier alpha value is -1.55. The SMILES string of the molecule is COc1ccccc1CCNC(=O)C(C)(C)CN. The summed E-state index contributed by atoms with van der Waals surface area (Å²) in [4.78, 5) is 11.8. The van der Waals surface area contributed by atoms with Crippen LogP contribution in [0.5, 0.6) is 5.75 Å². The zero-order valence-corrected chi connectivity index (χ0v) is 11.3. The Labute approximate surface area is 109 Å². The molecule has 1 aromatic rings. The minimum atomic E-state index is -0.513. The molecule has 0 spiro atoms. The van der Waals surface area contributed by atoms with Crippen molar-refractivity contribution in [3.05, 3.63) is 29.8 Å². The Morgan fingerprint density at radius 1 is 1.39 bits per heavy atom. The number of ether oxygens (including phenoxy) is 1. The average molecular weight is 250 g/mol. The smallest absolute Gasteiger partial charge is 0.226 e. The van der Waals surface area contributed by atoms with Gasteiger partial charge in [-0.1, -0.05) is 18.2 Å². The van der Waals surface area contributed by atoms with E-state index in [1.165, 1.54) is 0 Å². The molecule has 0 aliphatic rings. The molecule has 0 aliphatic carbocycles. The third-order valence-corrected chi connectivity index (χ3v) is 3.00. The Balaban J connectivity index is 2.49. The number of carbonyl (C=O) groups is 1. The third kappa shape index (κ3) is 3.74. The van der Waals surface area contributed by atoms with E-state index in [0.717, 1.165) is 17.7 Å². The van der Waals surface area contributed by atoms with Crippen LogP contribution in [0.15, 0.2) is 24.3 Å².